The van der Waals surface area contributed by atoms with Crippen molar-refractivity contribution in [1.82, 2.24) is 5.32 Å². The Balaban J connectivity index is 1.84. The third kappa shape index (κ3) is 6.99. The summed E-state index contributed by atoms with van der Waals surface area (Å²) in [6.45, 7) is 7.91. The summed E-state index contributed by atoms with van der Waals surface area (Å²) >= 11 is 0. The minimum absolute atomic E-state index is 0.549. The topological polar surface area (TPSA) is 39.7 Å². The first-order valence-electron chi connectivity index (χ1n) is 6.68. The number of rotatable bonds is 12. The van der Waals surface area contributed by atoms with Crippen LogP contribution in [0.3, 0.4) is 0 Å². The summed E-state index contributed by atoms with van der Waals surface area (Å²) < 4.78 is 15.8. The molecule has 0 unspecified atom stereocenters. The van der Waals surface area contributed by atoms with E-state index in [4.69, 9.17) is 14.2 Å². The van der Waals surface area contributed by atoms with E-state index < -0.39 is 0 Å². The second-order valence-electron chi connectivity index (χ2n) is 4.75. The fraction of sp³-hybridized carbons (Fsp3) is 1.00. The lowest BCUT2D eigenvalue weighted by Gasteiger charge is -2.15. The van der Waals surface area contributed by atoms with Gasteiger partial charge in [-0.15, -0.1) is 0 Å². The van der Waals surface area contributed by atoms with Gasteiger partial charge in [0.25, 0.3) is 0 Å². The molecule has 0 spiro atoms. The van der Waals surface area contributed by atoms with Crippen molar-refractivity contribution in [2.45, 2.75) is 26.2 Å². The molecular weight excluding hydrogens is 218 g/mol. The summed E-state index contributed by atoms with van der Waals surface area (Å²) in [5, 5.41) is 3.43. The Morgan fingerprint density at radius 3 is 2.24 bits per heavy atom. The number of nitrogens with one attached hydrogen (secondary N) is 1. The van der Waals surface area contributed by atoms with Gasteiger partial charge in [0.2, 0.25) is 0 Å². The number of ether oxygens (including phenoxy) is 3. The van der Waals surface area contributed by atoms with Gasteiger partial charge in [0.15, 0.2) is 0 Å². The molecule has 1 aliphatic rings. The summed E-state index contributed by atoms with van der Waals surface area (Å²) in [7, 11) is 1.68. The first-order chi connectivity index (χ1) is 8.33. The van der Waals surface area contributed by atoms with E-state index in [2.05, 4.69) is 12.2 Å². The van der Waals surface area contributed by atoms with E-state index in [0.29, 0.717) is 31.8 Å². The van der Waals surface area contributed by atoms with Crippen LogP contribution < -0.4 is 5.32 Å². The third-order valence-electron chi connectivity index (χ3n) is 3.29. The smallest absolute Gasteiger partial charge is 0.0701 e. The van der Waals surface area contributed by atoms with Gasteiger partial charge in [0.1, 0.15) is 0 Å². The summed E-state index contributed by atoms with van der Waals surface area (Å²) in [5.74, 6) is 0. The fourth-order valence-electron chi connectivity index (χ4n) is 1.84. The van der Waals surface area contributed by atoms with Crippen LogP contribution in [0, 0.1) is 5.41 Å². The summed E-state index contributed by atoms with van der Waals surface area (Å²) in [6, 6.07) is 0. The largest absolute Gasteiger partial charge is 0.382 e. The van der Waals surface area contributed by atoms with Gasteiger partial charge in [0, 0.05) is 20.3 Å². The lowest BCUT2D eigenvalue weighted by molar-refractivity contribution is 0.0211. The molecule has 1 aliphatic carbocycles. The highest BCUT2D eigenvalue weighted by Gasteiger charge is 2.41. The molecule has 1 N–H and O–H groups in total. The van der Waals surface area contributed by atoms with Crippen molar-refractivity contribution in [2.24, 2.45) is 5.41 Å². The fourth-order valence-corrected chi connectivity index (χ4v) is 1.84. The van der Waals surface area contributed by atoms with E-state index in [0.717, 1.165) is 19.7 Å². The van der Waals surface area contributed by atoms with E-state index in [-0.39, 0.29) is 0 Å². The number of hydrogen-bond acceptors (Lipinski definition) is 4. The van der Waals surface area contributed by atoms with Gasteiger partial charge < -0.3 is 19.5 Å². The molecule has 4 heteroatoms. The van der Waals surface area contributed by atoms with Crippen molar-refractivity contribution in [2.75, 3.05) is 53.2 Å². The van der Waals surface area contributed by atoms with Crippen LogP contribution >= 0.6 is 0 Å². The summed E-state index contributed by atoms with van der Waals surface area (Å²) in [4.78, 5) is 0. The van der Waals surface area contributed by atoms with E-state index in [1.165, 1.54) is 19.3 Å². The monoisotopic (exact) mass is 245 g/mol. The van der Waals surface area contributed by atoms with Gasteiger partial charge >= 0.3 is 0 Å². The van der Waals surface area contributed by atoms with E-state index in [1.54, 1.807) is 7.11 Å². The van der Waals surface area contributed by atoms with Gasteiger partial charge in [-0.3, -0.25) is 0 Å². The molecule has 0 radical (unpaired) electrons. The van der Waals surface area contributed by atoms with Crippen LogP contribution in [-0.4, -0.2) is 53.2 Å². The molecule has 1 fully saturated rings. The Labute approximate surface area is 105 Å². The van der Waals surface area contributed by atoms with Gasteiger partial charge in [-0.25, -0.2) is 0 Å². The first kappa shape index (κ1) is 14.9. The van der Waals surface area contributed by atoms with Crippen LogP contribution in [0.4, 0.5) is 0 Å². The van der Waals surface area contributed by atoms with Crippen LogP contribution in [0.5, 0.6) is 0 Å². The minimum atomic E-state index is 0.549. The summed E-state index contributed by atoms with van der Waals surface area (Å²) in [6.07, 6.45) is 3.89. The van der Waals surface area contributed by atoms with Crippen molar-refractivity contribution in [1.29, 1.82) is 0 Å². The highest BCUT2D eigenvalue weighted by Crippen LogP contribution is 2.48. The molecule has 4 nitrogen and oxygen atoms in total. The predicted molar refractivity (Wildman–Crippen MR) is 68.3 cm³/mol. The molecule has 1 rings (SSSR count). The SMILES string of the molecule is CCNCC1(CCOCCOCCOC)CC1. The van der Waals surface area contributed by atoms with Crippen molar-refractivity contribution in [3.8, 4) is 0 Å². The molecule has 0 aromatic heterocycles. The maximum absolute atomic E-state index is 5.58. The summed E-state index contributed by atoms with van der Waals surface area (Å²) in [5.41, 5.74) is 0.549. The molecule has 17 heavy (non-hydrogen) atoms. The van der Waals surface area contributed by atoms with Crippen LogP contribution in [0.2, 0.25) is 0 Å². The van der Waals surface area contributed by atoms with Crippen molar-refractivity contribution in [3.05, 3.63) is 0 Å². The molecule has 0 aliphatic heterocycles. The van der Waals surface area contributed by atoms with E-state index in [9.17, 15) is 0 Å². The van der Waals surface area contributed by atoms with Crippen molar-refractivity contribution in [3.63, 3.8) is 0 Å². The van der Waals surface area contributed by atoms with E-state index in [1.807, 2.05) is 0 Å². The quantitative estimate of drug-likeness (QED) is 0.528. The second kappa shape index (κ2) is 8.86. The number of methoxy groups -OCH3 is 1. The molecule has 0 heterocycles. The van der Waals surface area contributed by atoms with Gasteiger partial charge in [-0.1, -0.05) is 6.92 Å². The average Bonchev–Trinajstić information content (AvgIpc) is 3.11. The Kier molecular flexibility index (Phi) is 7.77. The Bertz CT molecular complexity index is 184. The molecule has 0 aromatic rings. The zero-order chi connectivity index (χ0) is 12.4. The highest BCUT2D eigenvalue weighted by molar-refractivity contribution is 4.94. The van der Waals surface area contributed by atoms with E-state index >= 15 is 0 Å². The second-order valence-corrected chi connectivity index (χ2v) is 4.75. The maximum atomic E-state index is 5.58. The van der Waals surface area contributed by atoms with Gasteiger partial charge in [-0.05, 0) is 31.2 Å². The Hall–Kier alpha value is -0.160. The van der Waals surface area contributed by atoms with Crippen LogP contribution in [0.25, 0.3) is 0 Å². The average molecular weight is 245 g/mol. The lowest BCUT2D eigenvalue weighted by Crippen LogP contribution is -2.24. The Morgan fingerprint density at radius 1 is 1.00 bits per heavy atom. The molecule has 0 atom stereocenters. The number of hydrogen-bond donors (Lipinski definition) is 1. The Morgan fingerprint density at radius 2 is 1.65 bits per heavy atom. The normalized spacial score (nSPS) is 17.3. The standard InChI is InChI=1S/C13H27NO3/c1-3-14-12-13(4-5-13)6-7-16-10-11-17-9-8-15-2/h14H,3-12H2,1-2H3. The molecule has 102 valence electrons. The molecule has 0 bridgehead atoms. The minimum Gasteiger partial charge on any atom is -0.382 e. The van der Waals surface area contributed by atoms with Crippen LogP contribution in [-0.2, 0) is 14.2 Å². The molecule has 0 saturated heterocycles. The lowest BCUT2D eigenvalue weighted by atomic mass is 10.0. The zero-order valence-corrected chi connectivity index (χ0v) is 11.3. The van der Waals surface area contributed by atoms with Gasteiger partial charge in [-0.2, -0.15) is 0 Å². The van der Waals surface area contributed by atoms with Crippen LogP contribution in [0.15, 0.2) is 0 Å². The van der Waals surface area contributed by atoms with Gasteiger partial charge in [0.05, 0.1) is 26.4 Å². The predicted octanol–water partition coefficient (Wildman–Crippen LogP) is 1.45. The maximum Gasteiger partial charge on any atom is 0.0701 e. The first-order valence-corrected chi connectivity index (χ1v) is 6.68. The molecule has 0 amide bonds. The van der Waals surface area contributed by atoms with Crippen molar-refractivity contribution >= 4 is 0 Å². The highest BCUT2D eigenvalue weighted by atomic mass is 16.5. The van der Waals surface area contributed by atoms with Crippen LogP contribution in [0.1, 0.15) is 26.2 Å². The molecular formula is C13H27NO3. The third-order valence-corrected chi connectivity index (χ3v) is 3.29. The molecule has 1 saturated carbocycles. The van der Waals surface area contributed by atoms with Crippen molar-refractivity contribution < 1.29 is 14.2 Å². The molecule has 0 aromatic carbocycles. The zero-order valence-electron chi connectivity index (χ0n) is 11.3.